The van der Waals surface area contributed by atoms with Gasteiger partial charge in [0.2, 0.25) is 5.91 Å². The first-order valence-electron chi connectivity index (χ1n) is 5.16. The molecule has 0 saturated carbocycles. The molecule has 1 amide bonds. The lowest BCUT2D eigenvalue weighted by atomic mass is 10.1. The van der Waals surface area contributed by atoms with Gasteiger partial charge in [0.15, 0.2) is 0 Å². The topological polar surface area (TPSA) is 64.3 Å². The van der Waals surface area contributed by atoms with Crippen molar-refractivity contribution in [2.24, 2.45) is 5.73 Å². The van der Waals surface area contributed by atoms with E-state index in [1.165, 1.54) is 6.92 Å². The third-order valence-corrected chi connectivity index (χ3v) is 1.79. The van der Waals surface area contributed by atoms with E-state index >= 15 is 0 Å². The molecule has 3 N–H and O–H groups in total. The van der Waals surface area contributed by atoms with Gasteiger partial charge in [-0.05, 0) is 38.1 Å². The highest BCUT2D eigenvalue weighted by Crippen LogP contribution is 2.16. The predicted molar refractivity (Wildman–Crippen MR) is 64.5 cm³/mol. The first-order valence-corrected chi connectivity index (χ1v) is 5.16. The molecule has 0 aliphatic rings. The number of carbonyl (C=O) groups is 1. The Labute approximate surface area is 95.8 Å². The van der Waals surface area contributed by atoms with Gasteiger partial charge in [0, 0.05) is 18.2 Å². The first kappa shape index (κ1) is 12.5. The fourth-order valence-corrected chi connectivity index (χ4v) is 1.11. The minimum Gasteiger partial charge on any atom is -0.492 e. The van der Waals surface area contributed by atoms with Crippen molar-refractivity contribution in [3.63, 3.8) is 0 Å². The van der Waals surface area contributed by atoms with Crippen molar-refractivity contribution in [2.75, 3.05) is 11.9 Å². The quantitative estimate of drug-likeness (QED) is 0.816. The third kappa shape index (κ3) is 4.79. The van der Waals surface area contributed by atoms with E-state index in [0.29, 0.717) is 6.61 Å². The summed E-state index contributed by atoms with van der Waals surface area (Å²) >= 11 is 0. The smallest absolute Gasteiger partial charge is 0.221 e. The van der Waals surface area contributed by atoms with E-state index in [1.807, 2.05) is 13.8 Å². The molecule has 1 rings (SSSR count). The number of anilines is 1. The van der Waals surface area contributed by atoms with Crippen molar-refractivity contribution in [3.8, 4) is 5.75 Å². The van der Waals surface area contributed by atoms with E-state index in [-0.39, 0.29) is 11.4 Å². The van der Waals surface area contributed by atoms with Gasteiger partial charge in [-0.15, -0.1) is 0 Å². The zero-order chi connectivity index (χ0) is 12.2. The molecule has 16 heavy (non-hydrogen) atoms. The summed E-state index contributed by atoms with van der Waals surface area (Å²) in [5, 5.41) is 2.69. The Kier molecular flexibility index (Phi) is 3.90. The van der Waals surface area contributed by atoms with E-state index in [4.69, 9.17) is 10.5 Å². The third-order valence-electron chi connectivity index (χ3n) is 1.79. The van der Waals surface area contributed by atoms with Gasteiger partial charge >= 0.3 is 0 Å². The van der Waals surface area contributed by atoms with Gasteiger partial charge in [-0.1, -0.05) is 0 Å². The summed E-state index contributed by atoms with van der Waals surface area (Å²) in [6.45, 7) is 5.73. The standard InChI is InChI=1S/C12H18N2O2/c1-9(15)14-10-4-6-11(7-5-10)16-8-12(2,3)13/h4-7H,8,13H2,1-3H3,(H,14,15). The van der Waals surface area contributed by atoms with Crippen molar-refractivity contribution >= 4 is 11.6 Å². The van der Waals surface area contributed by atoms with E-state index in [2.05, 4.69) is 5.32 Å². The summed E-state index contributed by atoms with van der Waals surface area (Å²) in [5.41, 5.74) is 6.20. The SMILES string of the molecule is CC(=O)Nc1ccc(OCC(C)(C)N)cc1. The molecule has 1 aromatic rings. The Hall–Kier alpha value is -1.55. The number of nitrogens with one attached hydrogen (secondary N) is 1. The van der Waals surface area contributed by atoms with Crippen LogP contribution < -0.4 is 15.8 Å². The fourth-order valence-electron chi connectivity index (χ4n) is 1.11. The lowest BCUT2D eigenvalue weighted by Crippen LogP contribution is -2.38. The zero-order valence-corrected chi connectivity index (χ0v) is 9.91. The Balaban J connectivity index is 2.55. The summed E-state index contributed by atoms with van der Waals surface area (Å²) in [6.07, 6.45) is 0. The van der Waals surface area contributed by atoms with E-state index in [9.17, 15) is 4.79 Å². The molecule has 0 aliphatic carbocycles. The molecule has 0 heterocycles. The number of carbonyl (C=O) groups excluding carboxylic acids is 1. The van der Waals surface area contributed by atoms with Crippen LogP contribution in [-0.4, -0.2) is 18.1 Å². The highest BCUT2D eigenvalue weighted by atomic mass is 16.5. The van der Waals surface area contributed by atoms with E-state index in [1.54, 1.807) is 24.3 Å². The molecule has 4 nitrogen and oxygen atoms in total. The van der Waals surface area contributed by atoms with Crippen LogP contribution in [0.25, 0.3) is 0 Å². The normalized spacial score (nSPS) is 11.0. The molecule has 0 unspecified atom stereocenters. The highest BCUT2D eigenvalue weighted by molar-refractivity contribution is 5.88. The first-order chi connectivity index (χ1) is 7.37. The van der Waals surface area contributed by atoms with Crippen LogP contribution in [0.3, 0.4) is 0 Å². The van der Waals surface area contributed by atoms with Gasteiger partial charge in [0.1, 0.15) is 12.4 Å². The zero-order valence-electron chi connectivity index (χ0n) is 9.91. The molecule has 0 spiro atoms. The average Bonchev–Trinajstić information content (AvgIpc) is 2.14. The van der Waals surface area contributed by atoms with Gasteiger partial charge in [0.05, 0.1) is 0 Å². The molecule has 0 saturated heterocycles. The predicted octanol–water partition coefficient (Wildman–Crippen LogP) is 1.76. The minimum absolute atomic E-state index is 0.0863. The Bertz CT molecular complexity index is 352. The average molecular weight is 222 g/mol. The van der Waals surface area contributed by atoms with Crippen LogP contribution in [0.5, 0.6) is 5.75 Å². The van der Waals surface area contributed by atoms with Crippen LogP contribution in [-0.2, 0) is 4.79 Å². The lowest BCUT2D eigenvalue weighted by molar-refractivity contribution is -0.114. The molecular weight excluding hydrogens is 204 g/mol. The molecule has 0 fully saturated rings. The molecule has 0 aromatic heterocycles. The van der Waals surface area contributed by atoms with Crippen LogP contribution in [0, 0.1) is 0 Å². The largest absolute Gasteiger partial charge is 0.492 e. The van der Waals surface area contributed by atoms with Gasteiger partial charge in [-0.3, -0.25) is 4.79 Å². The van der Waals surface area contributed by atoms with Crippen LogP contribution in [0.15, 0.2) is 24.3 Å². The van der Waals surface area contributed by atoms with E-state index in [0.717, 1.165) is 11.4 Å². The number of hydrogen-bond acceptors (Lipinski definition) is 3. The second-order valence-corrected chi connectivity index (χ2v) is 4.48. The van der Waals surface area contributed by atoms with Gasteiger partial charge in [-0.25, -0.2) is 0 Å². The van der Waals surface area contributed by atoms with Gasteiger partial charge in [0.25, 0.3) is 0 Å². The summed E-state index contributed by atoms with van der Waals surface area (Å²) in [5.74, 6) is 0.657. The number of rotatable bonds is 4. The molecular formula is C12H18N2O2. The summed E-state index contributed by atoms with van der Waals surface area (Å²) in [6, 6.07) is 7.19. The molecule has 0 radical (unpaired) electrons. The van der Waals surface area contributed by atoms with Crippen molar-refractivity contribution in [2.45, 2.75) is 26.3 Å². The summed E-state index contributed by atoms with van der Waals surface area (Å²) in [4.78, 5) is 10.8. The van der Waals surface area contributed by atoms with Gasteiger partial charge < -0.3 is 15.8 Å². The molecule has 0 atom stereocenters. The van der Waals surface area contributed by atoms with Gasteiger partial charge in [-0.2, -0.15) is 0 Å². The number of nitrogens with two attached hydrogens (primary N) is 1. The summed E-state index contributed by atoms with van der Waals surface area (Å²) < 4.78 is 5.49. The Morgan fingerprint density at radius 3 is 2.38 bits per heavy atom. The minimum atomic E-state index is -0.351. The maximum absolute atomic E-state index is 10.8. The fraction of sp³-hybridized carbons (Fsp3) is 0.417. The van der Waals surface area contributed by atoms with E-state index < -0.39 is 0 Å². The molecule has 88 valence electrons. The Morgan fingerprint density at radius 2 is 1.94 bits per heavy atom. The van der Waals surface area contributed by atoms with Crippen molar-refractivity contribution in [1.82, 2.24) is 0 Å². The van der Waals surface area contributed by atoms with Crippen molar-refractivity contribution in [1.29, 1.82) is 0 Å². The maximum atomic E-state index is 10.8. The second-order valence-electron chi connectivity index (χ2n) is 4.48. The van der Waals surface area contributed by atoms with Crippen LogP contribution >= 0.6 is 0 Å². The number of ether oxygens (including phenoxy) is 1. The highest BCUT2D eigenvalue weighted by Gasteiger charge is 2.11. The van der Waals surface area contributed by atoms with Crippen LogP contribution in [0.1, 0.15) is 20.8 Å². The van der Waals surface area contributed by atoms with Crippen molar-refractivity contribution in [3.05, 3.63) is 24.3 Å². The number of benzene rings is 1. The molecule has 0 bridgehead atoms. The molecule has 4 heteroatoms. The van der Waals surface area contributed by atoms with Crippen LogP contribution in [0.4, 0.5) is 5.69 Å². The lowest BCUT2D eigenvalue weighted by Gasteiger charge is -2.19. The Morgan fingerprint density at radius 1 is 1.38 bits per heavy atom. The maximum Gasteiger partial charge on any atom is 0.221 e. The number of amides is 1. The number of hydrogen-bond donors (Lipinski definition) is 2. The van der Waals surface area contributed by atoms with Crippen molar-refractivity contribution < 1.29 is 9.53 Å². The monoisotopic (exact) mass is 222 g/mol. The van der Waals surface area contributed by atoms with Crippen LogP contribution in [0.2, 0.25) is 0 Å². The second kappa shape index (κ2) is 4.99. The molecule has 0 aliphatic heterocycles. The molecule has 1 aromatic carbocycles. The summed E-state index contributed by atoms with van der Waals surface area (Å²) in [7, 11) is 0.